The molecule has 0 saturated carbocycles. The number of thiazole rings is 1. The molecule has 0 radical (unpaired) electrons. The number of phenols is 1. The van der Waals surface area contributed by atoms with Gasteiger partial charge in [-0.25, -0.2) is 4.98 Å². The molecule has 1 heterocycles. The molecule has 1 atom stereocenters. The van der Waals surface area contributed by atoms with E-state index in [1.165, 1.54) is 11.1 Å². The number of aryl methyl sites for hydroxylation is 2. The van der Waals surface area contributed by atoms with E-state index in [0.717, 1.165) is 30.1 Å². The minimum atomic E-state index is 0.366. The van der Waals surface area contributed by atoms with Crippen molar-refractivity contribution in [2.45, 2.75) is 32.4 Å². The largest absolute Gasteiger partial charge is 0.508 e. The summed E-state index contributed by atoms with van der Waals surface area (Å²) in [5, 5.41) is 16.2. The molecule has 1 unspecified atom stereocenters. The van der Waals surface area contributed by atoms with E-state index in [1.54, 1.807) is 17.4 Å². The third kappa shape index (κ3) is 2.26. The fraction of sp³-hybridized carbons (Fsp3) is 0.357. The van der Waals surface area contributed by atoms with Crippen molar-refractivity contribution in [2.24, 2.45) is 0 Å². The van der Waals surface area contributed by atoms with Crippen LogP contribution < -0.4 is 5.32 Å². The number of hydrogen-bond donors (Lipinski definition) is 2. The predicted octanol–water partition coefficient (Wildman–Crippen LogP) is 2.93. The van der Waals surface area contributed by atoms with E-state index in [4.69, 9.17) is 0 Å². The van der Waals surface area contributed by atoms with Crippen LogP contribution >= 0.6 is 11.3 Å². The van der Waals surface area contributed by atoms with E-state index in [9.17, 15) is 5.11 Å². The van der Waals surface area contributed by atoms with Crippen LogP contribution in [-0.2, 0) is 13.0 Å². The Labute approximate surface area is 111 Å². The monoisotopic (exact) mass is 260 g/mol. The number of phenolic OH excluding ortho intramolecular Hbond substituents is 1. The Morgan fingerprint density at radius 2 is 2.39 bits per heavy atom. The normalized spacial score (nSPS) is 17.9. The van der Waals surface area contributed by atoms with E-state index in [-0.39, 0.29) is 0 Å². The fourth-order valence-electron chi connectivity index (χ4n) is 2.51. The maximum Gasteiger partial charge on any atom is 0.115 e. The van der Waals surface area contributed by atoms with Gasteiger partial charge in [-0.05, 0) is 43.0 Å². The van der Waals surface area contributed by atoms with Crippen LogP contribution in [0.4, 0.5) is 0 Å². The van der Waals surface area contributed by atoms with E-state index in [1.807, 2.05) is 19.1 Å². The van der Waals surface area contributed by atoms with E-state index in [0.29, 0.717) is 11.8 Å². The van der Waals surface area contributed by atoms with Gasteiger partial charge in [-0.15, -0.1) is 11.3 Å². The van der Waals surface area contributed by atoms with Gasteiger partial charge in [-0.2, -0.15) is 0 Å². The van der Waals surface area contributed by atoms with Crippen molar-refractivity contribution in [2.75, 3.05) is 0 Å². The van der Waals surface area contributed by atoms with Crippen LogP contribution in [0.2, 0.25) is 0 Å². The van der Waals surface area contributed by atoms with Gasteiger partial charge >= 0.3 is 0 Å². The van der Waals surface area contributed by atoms with Gasteiger partial charge in [-0.1, -0.05) is 6.07 Å². The number of nitrogens with one attached hydrogen (secondary N) is 1. The molecule has 0 fully saturated rings. The number of aromatic nitrogens is 1. The SMILES string of the molecule is Cc1csc(CNC2CCc3cc(O)ccc32)n1. The fourth-order valence-corrected chi connectivity index (χ4v) is 3.23. The maximum atomic E-state index is 9.46. The molecule has 1 aromatic carbocycles. The number of fused-ring (bicyclic) bond motifs is 1. The lowest BCUT2D eigenvalue weighted by Crippen LogP contribution is -2.18. The first kappa shape index (κ1) is 11.7. The molecule has 2 N–H and O–H groups in total. The lowest BCUT2D eigenvalue weighted by molar-refractivity contribution is 0.474. The molecule has 4 heteroatoms. The molecule has 2 aromatic rings. The standard InChI is InChI=1S/C14H16N2OS/c1-9-8-18-14(16-9)7-15-13-5-2-10-6-11(17)3-4-12(10)13/h3-4,6,8,13,15,17H,2,5,7H2,1H3. The molecule has 18 heavy (non-hydrogen) atoms. The van der Waals surface area contributed by atoms with Crippen LogP contribution in [0.25, 0.3) is 0 Å². The summed E-state index contributed by atoms with van der Waals surface area (Å²) < 4.78 is 0. The Balaban J connectivity index is 1.69. The number of aromatic hydroxyl groups is 1. The molecule has 3 nitrogen and oxygen atoms in total. The molecule has 0 spiro atoms. The third-order valence-corrected chi connectivity index (χ3v) is 4.34. The zero-order valence-corrected chi connectivity index (χ0v) is 11.1. The minimum Gasteiger partial charge on any atom is -0.508 e. The van der Waals surface area contributed by atoms with Gasteiger partial charge < -0.3 is 10.4 Å². The van der Waals surface area contributed by atoms with Crippen molar-refractivity contribution < 1.29 is 5.11 Å². The average molecular weight is 260 g/mol. The summed E-state index contributed by atoms with van der Waals surface area (Å²) in [6.45, 7) is 2.84. The van der Waals surface area contributed by atoms with Crippen molar-refractivity contribution in [3.8, 4) is 5.75 Å². The zero-order valence-electron chi connectivity index (χ0n) is 10.3. The molecular weight excluding hydrogens is 244 g/mol. The topological polar surface area (TPSA) is 45.1 Å². The molecule has 0 amide bonds. The lowest BCUT2D eigenvalue weighted by Gasteiger charge is -2.12. The highest BCUT2D eigenvalue weighted by atomic mass is 32.1. The highest BCUT2D eigenvalue weighted by molar-refractivity contribution is 7.09. The first-order valence-corrected chi connectivity index (χ1v) is 7.06. The second kappa shape index (κ2) is 4.71. The quantitative estimate of drug-likeness (QED) is 0.892. The Kier molecular flexibility index (Phi) is 3.06. The third-order valence-electron chi connectivity index (χ3n) is 3.37. The van der Waals surface area contributed by atoms with Gasteiger partial charge in [0.15, 0.2) is 0 Å². The van der Waals surface area contributed by atoms with Crippen LogP contribution in [0.3, 0.4) is 0 Å². The molecule has 1 aliphatic rings. The highest BCUT2D eigenvalue weighted by Crippen LogP contribution is 2.33. The summed E-state index contributed by atoms with van der Waals surface area (Å²) in [6.07, 6.45) is 2.14. The second-order valence-electron chi connectivity index (χ2n) is 4.74. The predicted molar refractivity (Wildman–Crippen MR) is 72.9 cm³/mol. The first-order chi connectivity index (χ1) is 8.72. The van der Waals surface area contributed by atoms with Gasteiger partial charge in [0.25, 0.3) is 0 Å². The van der Waals surface area contributed by atoms with Gasteiger partial charge in [0.05, 0.1) is 0 Å². The number of benzene rings is 1. The molecule has 0 saturated heterocycles. The lowest BCUT2D eigenvalue weighted by atomic mass is 10.1. The van der Waals surface area contributed by atoms with E-state index < -0.39 is 0 Å². The van der Waals surface area contributed by atoms with Gasteiger partial charge in [0.1, 0.15) is 10.8 Å². The van der Waals surface area contributed by atoms with Crippen LogP contribution in [0.1, 0.15) is 34.3 Å². The molecule has 3 rings (SSSR count). The summed E-state index contributed by atoms with van der Waals surface area (Å²) in [6, 6.07) is 6.07. The maximum absolute atomic E-state index is 9.46. The number of rotatable bonds is 3. The van der Waals surface area contributed by atoms with Crippen LogP contribution in [0, 0.1) is 6.92 Å². The summed E-state index contributed by atoms with van der Waals surface area (Å²) in [7, 11) is 0. The Bertz CT molecular complexity index is 565. The van der Waals surface area contributed by atoms with Crippen LogP contribution in [0.15, 0.2) is 23.6 Å². The van der Waals surface area contributed by atoms with Crippen molar-refractivity contribution in [1.29, 1.82) is 0 Å². The summed E-state index contributed by atoms with van der Waals surface area (Å²) in [5.74, 6) is 0.366. The molecule has 1 aromatic heterocycles. The van der Waals surface area contributed by atoms with Crippen molar-refractivity contribution in [1.82, 2.24) is 10.3 Å². The number of nitrogens with zero attached hydrogens (tertiary/aromatic N) is 1. The Morgan fingerprint density at radius 3 is 3.17 bits per heavy atom. The van der Waals surface area contributed by atoms with Gasteiger partial charge in [0.2, 0.25) is 0 Å². The summed E-state index contributed by atoms with van der Waals surface area (Å²) in [4.78, 5) is 4.46. The summed E-state index contributed by atoms with van der Waals surface area (Å²) >= 11 is 1.70. The van der Waals surface area contributed by atoms with Crippen molar-refractivity contribution in [3.63, 3.8) is 0 Å². The molecule has 0 aliphatic heterocycles. The average Bonchev–Trinajstić information content (AvgIpc) is 2.92. The molecule has 0 bridgehead atoms. The Hall–Kier alpha value is -1.39. The Morgan fingerprint density at radius 1 is 1.50 bits per heavy atom. The van der Waals surface area contributed by atoms with E-state index >= 15 is 0 Å². The minimum absolute atomic E-state index is 0.366. The van der Waals surface area contributed by atoms with Crippen LogP contribution in [0.5, 0.6) is 5.75 Å². The van der Waals surface area contributed by atoms with Crippen molar-refractivity contribution >= 4 is 11.3 Å². The summed E-state index contributed by atoms with van der Waals surface area (Å²) in [5.41, 5.74) is 3.68. The van der Waals surface area contributed by atoms with Gasteiger partial charge in [0, 0.05) is 23.7 Å². The molecular formula is C14H16N2OS. The highest BCUT2D eigenvalue weighted by Gasteiger charge is 2.22. The smallest absolute Gasteiger partial charge is 0.115 e. The molecule has 94 valence electrons. The first-order valence-electron chi connectivity index (χ1n) is 6.18. The van der Waals surface area contributed by atoms with Crippen LogP contribution in [-0.4, -0.2) is 10.1 Å². The zero-order chi connectivity index (χ0) is 12.5. The molecule has 1 aliphatic carbocycles. The second-order valence-corrected chi connectivity index (χ2v) is 5.68. The van der Waals surface area contributed by atoms with Gasteiger partial charge in [-0.3, -0.25) is 0 Å². The number of hydrogen-bond acceptors (Lipinski definition) is 4. The van der Waals surface area contributed by atoms with Crippen molar-refractivity contribution in [3.05, 3.63) is 45.4 Å². The van der Waals surface area contributed by atoms with E-state index in [2.05, 4.69) is 15.7 Å².